The first-order valence-corrected chi connectivity index (χ1v) is 9.07. The summed E-state index contributed by atoms with van der Waals surface area (Å²) >= 11 is 0. The molecule has 2 rings (SSSR count). The van der Waals surface area contributed by atoms with Crippen LogP contribution in [0.3, 0.4) is 0 Å². The summed E-state index contributed by atoms with van der Waals surface area (Å²) in [6.07, 6.45) is 0.148. The van der Waals surface area contributed by atoms with Crippen LogP contribution in [-0.4, -0.2) is 18.4 Å². The Kier molecular flexibility index (Phi) is 6.72. The van der Waals surface area contributed by atoms with Crippen molar-refractivity contribution in [3.8, 4) is 0 Å². The quantitative estimate of drug-likeness (QED) is 0.829. The molecule has 0 radical (unpaired) electrons. The van der Waals surface area contributed by atoms with E-state index in [0.717, 1.165) is 5.69 Å². The summed E-state index contributed by atoms with van der Waals surface area (Å²) in [5, 5.41) is 2.70. The van der Waals surface area contributed by atoms with Gasteiger partial charge in [0.15, 0.2) is 0 Å². The number of amides is 2. The zero-order chi connectivity index (χ0) is 20.0. The summed E-state index contributed by atoms with van der Waals surface area (Å²) in [4.78, 5) is 25.7. The van der Waals surface area contributed by atoms with Crippen molar-refractivity contribution >= 4 is 17.5 Å². The van der Waals surface area contributed by atoms with Crippen molar-refractivity contribution in [3.63, 3.8) is 0 Å². The monoisotopic (exact) mass is 370 g/mol. The third-order valence-corrected chi connectivity index (χ3v) is 4.42. The molecule has 2 amide bonds. The highest BCUT2D eigenvalue weighted by atomic mass is 19.1. The number of carbonyl (C=O) groups is 2. The van der Waals surface area contributed by atoms with Gasteiger partial charge in [-0.25, -0.2) is 4.39 Å². The molecule has 0 heterocycles. The van der Waals surface area contributed by atoms with Gasteiger partial charge in [0.1, 0.15) is 5.82 Å². The van der Waals surface area contributed by atoms with E-state index in [9.17, 15) is 14.0 Å². The average Bonchev–Trinajstić information content (AvgIpc) is 2.60. The van der Waals surface area contributed by atoms with Gasteiger partial charge in [-0.1, -0.05) is 51.1 Å². The van der Waals surface area contributed by atoms with Gasteiger partial charge in [0.25, 0.3) is 0 Å². The van der Waals surface area contributed by atoms with Crippen LogP contribution < -0.4 is 10.2 Å². The molecule has 0 saturated carbocycles. The van der Waals surface area contributed by atoms with E-state index in [-0.39, 0.29) is 42.6 Å². The van der Waals surface area contributed by atoms with Gasteiger partial charge in [0, 0.05) is 37.7 Å². The van der Waals surface area contributed by atoms with E-state index in [1.807, 2.05) is 24.3 Å². The summed E-state index contributed by atoms with van der Waals surface area (Å²) in [5.41, 5.74) is 2.41. The third-order valence-electron chi connectivity index (χ3n) is 4.42. The molecule has 2 aromatic rings. The summed E-state index contributed by atoms with van der Waals surface area (Å²) < 4.78 is 13.6. The fourth-order valence-corrected chi connectivity index (χ4v) is 2.75. The third kappa shape index (κ3) is 5.91. The lowest BCUT2D eigenvalue weighted by Gasteiger charge is -2.23. The highest BCUT2D eigenvalue weighted by Gasteiger charge is 2.17. The van der Waals surface area contributed by atoms with Crippen LogP contribution in [0.1, 0.15) is 45.2 Å². The predicted molar refractivity (Wildman–Crippen MR) is 106 cm³/mol. The van der Waals surface area contributed by atoms with Gasteiger partial charge in [-0.15, -0.1) is 0 Å². The second-order valence-corrected chi connectivity index (χ2v) is 7.59. The molecule has 0 unspecified atom stereocenters. The van der Waals surface area contributed by atoms with Crippen LogP contribution in [0.5, 0.6) is 0 Å². The number of nitrogens with one attached hydrogen (secondary N) is 1. The molecular weight excluding hydrogens is 343 g/mol. The number of rotatable bonds is 6. The van der Waals surface area contributed by atoms with E-state index in [0.29, 0.717) is 5.56 Å². The first-order chi connectivity index (χ1) is 12.7. The van der Waals surface area contributed by atoms with Gasteiger partial charge in [0.2, 0.25) is 11.8 Å². The molecule has 1 N–H and O–H groups in total. The van der Waals surface area contributed by atoms with Crippen molar-refractivity contribution in [1.82, 2.24) is 5.32 Å². The van der Waals surface area contributed by atoms with E-state index in [4.69, 9.17) is 0 Å². The minimum absolute atomic E-state index is 0.0339. The first-order valence-electron chi connectivity index (χ1n) is 9.07. The number of anilines is 1. The lowest BCUT2D eigenvalue weighted by atomic mass is 9.87. The zero-order valence-electron chi connectivity index (χ0n) is 16.4. The minimum Gasteiger partial charge on any atom is -0.352 e. The molecule has 0 aliphatic heterocycles. The van der Waals surface area contributed by atoms with Crippen LogP contribution in [-0.2, 0) is 21.5 Å². The van der Waals surface area contributed by atoms with E-state index >= 15 is 0 Å². The highest BCUT2D eigenvalue weighted by molar-refractivity contribution is 5.92. The lowest BCUT2D eigenvalue weighted by molar-refractivity contribution is -0.121. The smallest absolute Gasteiger partial charge is 0.223 e. The second-order valence-electron chi connectivity index (χ2n) is 7.59. The number of halogens is 1. The first kappa shape index (κ1) is 20.6. The Morgan fingerprint density at radius 1 is 1.04 bits per heavy atom. The van der Waals surface area contributed by atoms with Crippen molar-refractivity contribution in [3.05, 3.63) is 65.5 Å². The molecule has 2 aromatic carbocycles. The lowest BCUT2D eigenvalue weighted by Crippen LogP contribution is -2.33. The maximum Gasteiger partial charge on any atom is 0.223 e. The second kappa shape index (κ2) is 8.80. The highest BCUT2D eigenvalue weighted by Crippen LogP contribution is 2.25. The maximum absolute atomic E-state index is 13.6. The number of nitrogens with zero attached hydrogens (tertiary/aromatic N) is 1. The van der Waals surface area contributed by atoms with Gasteiger partial charge in [0.05, 0.1) is 0 Å². The van der Waals surface area contributed by atoms with Crippen LogP contribution >= 0.6 is 0 Å². The molecule has 0 aromatic heterocycles. The Balaban J connectivity index is 1.95. The average molecular weight is 370 g/mol. The molecule has 27 heavy (non-hydrogen) atoms. The number of hydrogen-bond donors (Lipinski definition) is 1. The molecule has 144 valence electrons. The van der Waals surface area contributed by atoms with Gasteiger partial charge in [-0.2, -0.15) is 0 Å². The SMILES string of the molecule is CC(=O)N(CCC(=O)NCc1ccccc1F)c1ccc(C(C)(C)C)cc1. The van der Waals surface area contributed by atoms with Crippen molar-refractivity contribution in [1.29, 1.82) is 0 Å². The number of carbonyl (C=O) groups excluding carboxylic acids is 2. The molecule has 0 atom stereocenters. The molecule has 0 aliphatic carbocycles. The summed E-state index contributed by atoms with van der Waals surface area (Å²) in [5.74, 6) is -0.696. The van der Waals surface area contributed by atoms with Gasteiger partial charge < -0.3 is 10.2 Å². The molecule has 0 saturated heterocycles. The Hall–Kier alpha value is -2.69. The summed E-state index contributed by atoms with van der Waals surface area (Å²) in [6.45, 7) is 8.27. The van der Waals surface area contributed by atoms with E-state index < -0.39 is 0 Å². The van der Waals surface area contributed by atoms with Gasteiger partial charge >= 0.3 is 0 Å². The predicted octanol–water partition coefficient (Wildman–Crippen LogP) is 4.18. The largest absolute Gasteiger partial charge is 0.352 e. The number of hydrogen-bond acceptors (Lipinski definition) is 2. The van der Waals surface area contributed by atoms with Crippen molar-refractivity contribution < 1.29 is 14.0 Å². The molecule has 0 fully saturated rings. The van der Waals surface area contributed by atoms with Gasteiger partial charge in [-0.05, 0) is 29.2 Å². The topological polar surface area (TPSA) is 49.4 Å². The Morgan fingerprint density at radius 3 is 2.22 bits per heavy atom. The molecule has 0 spiro atoms. The maximum atomic E-state index is 13.6. The van der Waals surface area contributed by atoms with Crippen LogP contribution in [0.2, 0.25) is 0 Å². The standard InChI is InChI=1S/C22H27FN2O2/c1-16(26)25(19-11-9-18(10-12-19)22(2,3)4)14-13-21(27)24-15-17-7-5-6-8-20(17)23/h5-12H,13-15H2,1-4H3,(H,24,27). The summed E-state index contributed by atoms with van der Waals surface area (Å²) in [7, 11) is 0. The van der Waals surface area contributed by atoms with Crippen LogP contribution in [0.15, 0.2) is 48.5 Å². The molecule has 5 heteroatoms. The van der Waals surface area contributed by atoms with Crippen LogP contribution in [0.25, 0.3) is 0 Å². The fraction of sp³-hybridized carbons (Fsp3) is 0.364. The van der Waals surface area contributed by atoms with Crippen LogP contribution in [0.4, 0.5) is 10.1 Å². The molecule has 0 aliphatic rings. The van der Waals surface area contributed by atoms with Crippen molar-refractivity contribution in [2.24, 2.45) is 0 Å². The Bertz CT molecular complexity index is 795. The number of benzene rings is 2. The van der Waals surface area contributed by atoms with E-state index in [1.165, 1.54) is 18.6 Å². The zero-order valence-corrected chi connectivity index (χ0v) is 16.4. The minimum atomic E-state index is -0.345. The Labute approximate surface area is 160 Å². The van der Waals surface area contributed by atoms with E-state index in [1.54, 1.807) is 23.1 Å². The van der Waals surface area contributed by atoms with Crippen LogP contribution in [0, 0.1) is 5.82 Å². The summed E-state index contributed by atoms with van der Waals surface area (Å²) in [6, 6.07) is 14.1. The molecule has 4 nitrogen and oxygen atoms in total. The molecular formula is C22H27FN2O2. The Morgan fingerprint density at radius 2 is 1.67 bits per heavy atom. The normalized spacial score (nSPS) is 11.1. The van der Waals surface area contributed by atoms with Crippen molar-refractivity contribution in [2.45, 2.75) is 46.1 Å². The van der Waals surface area contributed by atoms with Crippen molar-refractivity contribution in [2.75, 3.05) is 11.4 Å². The van der Waals surface area contributed by atoms with Gasteiger partial charge in [-0.3, -0.25) is 9.59 Å². The molecule has 0 bridgehead atoms. The van der Waals surface area contributed by atoms with E-state index in [2.05, 4.69) is 26.1 Å². The fourth-order valence-electron chi connectivity index (χ4n) is 2.75.